The lowest BCUT2D eigenvalue weighted by Gasteiger charge is -2.15. The summed E-state index contributed by atoms with van der Waals surface area (Å²) in [5.41, 5.74) is 2.00. The number of aromatic nitrogens is 4. The van der Waals surface area contributed by atoms with E-state index >= 15 is 4.39 Å². The highest BCUT2D eigenvalue weighted by Crippen LogP contribution is 2.40. The van der Waals surface area contributed by atoms with Gasteiger partial charge in [-0.3, -0.25) is 14.2 Å². The van der Waals surface area contributed by atoms with Crippen LogP contribution in [0.25, 0.3) is 39.9 Å². The lowest BCUT2D eigenvalue weighted by Crippen LogP contribution is -2.03. The van der Waals surface area contributed by atoms with Crippen LogP contribution in [0.15, 0.2) is 71.1 Å². The number of carbonyl (C=O) groups is 2. The zero-order chi connectivity index (χ0) is 29.0. The number of nitrogens with zero attached hydrogens (tertiary/aromatic N) is 4. The molecule has 0 bridgehead atoms. The molecule has 0 radical (unpaired) electrons. The smallest absolute Gasteiger partial charge is 0.310 e. The van der Waals surface area contributed by atoms with Gasteiger partial charge in [-0.2, -0.15) is 0 Å². The zero-order valence-corrected chi connectivity index (χ0v) is 22.8. The number of hydrogen-bond acceptors (Lipinski definition) is 7. The van der Waals surface area contributed by atoms with Crippen molar-refractivity contribution in [3.8, 4) is 39.9 Å². The van der Waals surface area contributed by atoms with Crippen LogP contribution in [-0.2, 0) is 14.3 Å². The van der Waals surface area contributed by atoms with Gasteiger partial charge < -0.3 is 9.15 Å². The summed E-state index contributed by atoms with van der Waals surface area (Å²) >= 11 is 12.2. The van der Waals surface area contributed by atoms with Gasteiger partial charge in [0.2, 0.25) is 5.89 Å². The van der Waals surface area contributed by atoms with E-state index in [1.165, 1.54) is 38.1 Å². The number of aryl methyl sites for hydroxylation is 1. The number of carbonyl (C=O) groups excluding carboxylic acids is 2. The Balaban J connectivity index is 0.000000470. The van der Waals surface area contributed by atoms with Gasteiger partial charge in [0.15, 0.2) is 11.5 Å². The predicted octanol–water partition coefficient (Wildman–Crippen LogP) is 7.25. The highest BCUT2D eigenvalue weighted by Gasteiger charge is 2.27. The number of halogens is 4. The van der Waals surface area contributed by atoms with Gasteiger partial charge in [-0.15, -0.1) is 10.2 Å². The van der Waals surface area contributed by atoms with Crippen molar-refractivity contribution in [3.63, 3.8) is 0 Å². The van der Waals surface area contributed by atoms with E-state index in [0.717, 1.165) is 0 Å². The maximum Gasteiger partial charge on any atom is 0.310 e. The number of hydrogen-bond donors (Lipinski definition) is 0. The molecular formula is C28H20Cl2F2N4O4. The molecule has 204 valence electrons. The first-order valence-electron chi connectivity index (χ1n) is 11.6. The summed E-state index contributed by atoms with van der Waals surface area (Å²) in [6.07, 6.45) is 0. The minimum Gasteiger partial charge on any atom is -0.420 e. The predicted molar refractivity (Wildman–Crippen MR) is 145 cm³/mol. The third kappa shape index (κ3) is 6.24. The maximum atomic E-state index is 15.3. The SMILES string of the molecule is CC(=O)OC(C)=O.Cc1nnc(-c2nc(-c3ccccc3)n(-c3cccc(Cl)c3F)c2-c2ccc(F)c(Cl)c2)o1. The Morgan fingerprint density at radius 2 is 1.57 bits per heavy atom. The van der Waals surface area contributed by atoms with Crippen molar-refractivity contribution in [3.05, 3.63) is 94.3 Å². The summed E-state index contributed by atoms with van der Waals surface area (Å²) in [6, 6.07) is 18.1. The van der Waals surface area contributed by atoms with Crippen LogP contribution in [0.3, 0.4) is 0 Å². The van der Waals surface area contributed by atoms with Crippen molar-refractivity contribution in [1.29, 1.82) is 0 Å². The Morgan fingerprint density at radius 1 is 0.875 bits per heavy atom. The third-order valence-electron chi connectivity index (χ3n) is 5.29. The summed E-state index contributed by atoms with van der Waals surface area (Å²) in [4.78, 5) is 24.4. The van der Waals surface area contributed by atoms with Crippen LogP contribution in [0.1, 0.15) is 19.7 Å². The Morgan fingerprint density at radius 3 is 2.15 bits per heavy atom. The fourth-order valence-corrected chi connectivity index (χ4v) is 4.10. The highest BCUT2D eigenvalue weighted by atomic mass is 35.5. The quantitative estimate of drug-likeness (QED) is 0.162. The van der Waals surface area contributed by atoms with Crippen molar-refractivity contribution >= 4 is 35.1 Å². The molecule has 40 heavy (non-hydrogen) atoms. The van der Waals surface area contributed by atoms with E-state index in [1.54, 1.807) is 23.6 Å². The van der Waals surface area contributed by atoms with Crippen LogP contribution in [0.2, 0.25) is 10.0 Å². The topological polar surface area (TPSA) is 100 Å². The first-order chi connectivity index (χ1) is 19.1. The molecule has 12 heteroatoms. The average molecular weight is 585 g/mol. The minimum absolute atomic E-state index is 0.0570. The molecule has 0 aliphatic heterocycles. The summed E-state index contributed by atoms with van der Waals surface area (Å²) < 4.78 is 40.5. The monoisotopic (exact) mass is 584 g/mol. The van der Waals surface area contributed by atoms with Gasteiger partial charge in [0.1, 0.15) is 11.6 Å². The molecule has 5 aromatic rings. The van der Waals surface area contributed by atoms with Gasteiger partial charge in [0, 0.05) is 31.9 Å². The van der Waals surface area contributed by atoms with Crippen molar-refractivity contribution in [2.24, 2.45) is 0 Å². The van der Waals surface area contributed by atoms with Crippen molar-refractivity contribution in [1.82, 2.24) is 19.7 Å². The molecule has 2 aromatic heterocycles. The molecule has 8 nitrogen and oxygen atoms in total. The van der Waals surface area contributed by atoms with E-state index in [2.05, 4.69) is 14.9 Å². The Kier molecular flexibility index (Phi) is 8.71. The summed E-state index contributed by atoms with van der Waals surface area (Å²) in [5, 5.41) is 7.85. The van der Waals surface area contributed by atoms with Gasteiger partial charge in [-0.1, -0.05) is 59.6 Å². The van der Waals surface area contributed by atoms with E-state index in [-0.39, 0.29) is 27.3 Å². The normalized spacial score (nSPS) is 10.6. The maximum absolute atomic E-state index is 15.3. The molecule has 3 aromatic carbocycles. The Hall–Kier alpha value is -4.41. The molecule has 5 rings (SSSR count). The standard InChI is InChI=1S/C24H14Cl2F2N4O.C4H6O3/c1-13-30-31-24(33-13)21-22(15-10-11-18(27)17(26)12-15)32(19-9-5-8-16(25)20(19)28)23(29-21)14-6-3-2-4-7-14;1-3(5)7-4(2)6/h2-12H,1H3;1-2H3. The molecule has 0 N–H and O–H groups in total. The average Bonchev–Trinajstić information content (AvgIpc) is 3.51. The van der Waals surface area contributed by atoms with Crippen LogP contribution in [0.4, 0.5) is 8.78 Å². The minimum atomic E-state index is -0.642. The molecule has 0 atom stereocenters. The van der Waals surface area contributed by atoms with E-state index in [1.807, 2.05) is 30.3 Å². The van der Waals surface area contributed by atoms with E-state index < -0.39 is 23.6 Å². The fourth-order valence-electron chi connectivity index (χ4n) is 3.75. The second kappa shape index (κ2) is 12.2. The zero-order valence-electron chi connectivity index (χ0n) is 21.3. The lowest BCUT2D eigenvalue weighted by atomic mass is 10.1. The molecule has 0 spiro atoms. The molecule has 2 heterocycles. The third-order valence-corrected chi connectivity index (χ3v) is 5.87. The van der Waals surface area contributed by atoms with Crippen molar-refractivity contribution in [2.75, 3.05) is 0 Å². The molecule has 0 aliphatic rings. The number of esters is 2. The van der Waals surface area contributed by atoms with Gasteiger partial charge >= 0.3 is 11.9 Å². The summed E-state index contributed by atoms with van der Waals surface area (Å²) in [7, 11) is 0. The Bertz CT molecular complexity index is 1690. The van der Waals surface area contributed by atoms with Crippen LogP contribution in [0.5, 0.6) is 0 Å². The van der Waals surface area contributed by atoms with Crippen LogP contribution >= 0.6 is 23.2 Å². The number of benzene rings is 3. The molecule has 0 aliphatic carbocycles. The number of ether oxygens (including phenoxy) is 1. The van der Waals surface area contributed by atoms with Gasteiger partial charge in [-0.05, 0) is 30.3 Å². The molecule has 0 unspecified atom stereocenters. The molecular weight excluding hydrogens is 565 g/mol. The van der Waals surface area contributed by atoms with E-state index in [0.29, 0.717) is 28.5 Å². The molecule has 0 saturated heterocycles. The molecule has 0 amide bonds. The van der Waals surface area contributed by atoms with Crippen LogP contribution in [-0.4, -0.2) is 31.7 Å². The summed E-state index contributed by atoms with van der Waals surface area (Å²) in [5.74, 6) is -1.49. The van der Waals surface area contributed by atoms with E-state index in [9.17, 15) is 14.0 Å². The van der Waals surface area contributed by atoms with Crippen molar-refractivity contribution < 1.29 is 27.5 Å². The van der Waals surface area contributed by atoms with Gasteiger partial charge in [0.25, 0.3) is 5.89 Å². The molecule has 0 fully saturated rings. The van der Waals surface area contributed by atoms with E-state index in [4.69, 9.17) is 32.6 Å². The molecule has 0 saturated carbocycles. The fraction of sp³-hybridized carbons (Fsp3) is 0.107. The first-order valence-corrected chi connectivity index (χ1v) is 12.4. The second-order valence-electron chi connectivity index (χ2n) is 8.25. The van der Waals surface area contributed by atoms with Crippen LogP contribution < -0.4 is 0 Å². The first kappa shape index (κ1) is 28.6. The number of rotatable bonds is 4. The number of imidazole rings is 1. The second-order valence-corrected chi connectivity index (χ2v) is 9.06. The summed E-state index contributed by atoms with van der Waals surface area (Å²) in [6.45, 7) is 4.01. The van der Waals surface area contributed by atoms with Gasteiger partial charge in [-0.25, -0.2) is 13.8 Å². The lowest BCUT2D eigenvalue weighted by molar-refractivity contribution is -0.156. The Labute approximate surface area is 237 Å². The van der Waals surface area contributed by atoms with Gasteiger partial charge in [0.05, 0.1) is 21.4 Å². The van der Waals surface area contributed by atoms with Crippen LogP contribution in [0, 0.1) is 18.6 Å². The van der Waals surface area contributed by atoms with Crippen molar-refractivity contribution in [2.45, 2.75) is 20.8 Å². The highest BCUT2D eigenvalue weighted by molar-refractivity contribution is 6.31. The largest absolute Gasteiger partial charge is 0.420 e.